The van der Waals surface area contributed by atoms with Gasteiger partial charge >= 0.3 is 0 Å². The number of hydrogen-bond acceptors (Lipinski definition) is 6. The second-order valence-corrected chi connectivity index (χ2v) is 10.3. The van der Waals surface area contributed by atoms with Crippen LogP contribution in [0.4, 0.5) is 5.69 Å². The highest BCUT2D eigenvalue weighted by Crippen LogP contribution is 2.44. The molecular weight excluding hydrogens is 504 g/mol. The lowest BCUT2D eigenvalue weighted by atomic mass is 10.0. The van der Waals surface area contributed by atoms with Gasteiger partial charge in [-0.15, -0.1) is 0 Å². The van der Waals surface area contributed by atoms with Crippen molar-refractivity contribution in [2.24, 2.45) is 7.05 Å². The zero-order valence-corrected chi connectivity index (χ0v) is 21.9. The quantitative estimate of drug-likeness (QED) is 0.291. The van der Waals surface area contributed by atoms with Gasteiger partial charge in [-0.3, -0.25) is 9.59 Å². The molecule has 198 valence electrons. The maximum absolute atomic E-state index is 13.7. The molecule has 1 N–H and O–H groups in total. The standard InChI is InChI=1S/C32H26N4O4/c1-35-27(21-7-5-19(17-37)6-8-21)16-25-29(33-18-34-31(25)35)24-3-2-4-26(30(24)38)36-13-14-40-28-15-22(20-9-10-20)11-12-23(28)32(36)39/h2-8,11-12,15-18,20,38H,9-10,13-14H2,1H3. The van der Waals surface area contributed by atoms with Crippen molar-refractivity contribution in [2.45, 2.75) is 18.8 Å². The summed E-state index contributed by atoms with van der Waals surface area (Å²) in [5.74, 6) is 0.913. The summed E-state index contributed by atoms with van der Waals surface area (Å²) in [6, 6.07) is 20.5. The first kappa shape index (κ1) is 24.1. The van der Waals surface area contributed by atoms with E-state index < -0.39 is 0 Å². The van der Waals surface area contributed by atoms with E-state index in [2.05, 4.69) is 9.97 Å². The van der Waals surface area contributed by atoms with E-state index in [4.69, 9.17) is 4.74 Å². The van der Waals surface area contributed by atoms with Gasteiger partial charge in [-0.25, -0.2) is 9.97 Å². The van der Waals surface area contributed by atoms with E-state index >= 15 is 0 Å². The Morgan fingerprint density at radius 2 is 1.82 bits per heavy atom. The minimum atomic E-state index is -0.212. The number of ether oxygens (including phenoxy) is 1. The lowest BCUT2D eigenvalue weighted by Gasteiger charge is -2.22. The van der Waals surface area contributed by atoms with Crippen LogP contribution in [0.15, 0.2) is 73.1 Å². The Hall–Kier alpha value is -4.98. The first-order valence-corrected chi connectivity index (χ1v) is 13.3. The van der Waals surface area contributed by atoms with E-state index in [0.717, 1.165) is 22.9 Å². The number of aldehydes is 1. The number of carbonyl (C=O) groups is 2. The lowest BCUT2D eigenvalue weighted by molar-refractivity contribution is 0.0988. The smallest absolute Gasteiger partial charge is 0.262 e. The van der Waals surface area contributed by atoms with Gasteiger partial charge in [-0.2, -0.15) is 0 Å². The number of aromatic nitrogens is 3. The molecule has 1 aliphatic carbocycles. The molecule has 1 saturated carbocycles. The summed E-state index contributed by atoms with van der Waals surface area (Å²) in [5.41, 5.74) is 6.28. The third-order valence-electron chi connectivity index (χ3n) is 7.83. The lowest BCUT2D eigenvalue weighted by Crippen LogP contribution is -2.32. The largest absolute Gasteiger partial charge is 0.505 e. The predicted octanol–water partition coefficient (Wildman–Crippen LogP) is 5.74. The fourth-order valence-corrected chi connectivity index (χ4v) is 5.53. The number of anilines is 1. The van der Waals surface area contributed by atoms with E-state index in [1.54, 1.807) is 29.2 Å². The molecule has 40 heavy (non-hydrogen) atoms. The summed E-state index contributed by atoms with van der Waals surface area (Å²) in [6.45, 7) is 0.619. The SMILES string of the molecule is Cn1c(-c2ccc(C=O)cc2)cc2c(-c3cccc(N4CCOc5cc(C6CC6)ccc5C4=O)c3O)ncnc21. The highest BCUT2D eigenvalue weighted by atomic mass is 16.5. The minimum Gasteiger partial charge on any atom is -0.505 e. The Kier molecular flexibility index (Phi) is 5.62. The Morgan fingerprint density at radius 1 is 1.00 bits per heavy atom. The first-order chi connectivity index (χ1) is 19.5. The van der Waals surface area contributed by atoms with Crippen LogP contribution in [-0.2, 0) is 7.05 Å². The summed E-state index contributed by atoms with van der Waals surface area (Å²) in [6.07, 6.45) is 4.63. The van der Waals surface area contributed by atoms with Crippen LogP contribution in [0.1, 0.15) is 45.0 Å². The maximum Gasteiger partial charge on any atom is 0.262 e. The maximum atomic E-state index is 13.7. The Bertz CT molecular complexity index is 1800. The van der Waals surface area contributed by atoms with Crippen molar-refractivity contribution in [1.82, 2.24) is 14.5 Å². The normalized spacial score (nSPS) is 15.0. The van der Waals surface area contributed by atoms with E-state index in [1.165, 1.54) is 24.7 Å². The average molecular weight is 531 g/mol. The second-order valence-electron chi connectivity index (χ2n) is 10.3. The number of phenols is 1. The summed E-state index contributed by atoms with van der Waals surface area (Å²) in [5, 5.41) is 12.3. The summed E-state index contributed by atoms with van der Waals surface area (Å²) in [4.78, 5) is 35.4. The van der Waals surface area contributed by atoms with Crippen LogP contribution in [0, 0.1) is 0 Å². The predicted molar refractivity (Wildman–Crippen MR) is 152 cm³/mol. The molecule has 1 fully saturated rings. The van der Waals surface area contributed by atoms with Crippen molar-refractivity contribution in [3.63, 3.8) is 0 Å². The summed E-state index contributed by atoms with van der Waals surface area (Å²) in [7, 11) is 1.92. The zero-order chi connectivity index (χ0) is 27.4. The Balaban J connectivity index is 1.29. The van der Waals surface area contributed by atoms with Crippen LogP contribution in [0.5, 0.6) is 11.5 Å². The number of amides is 1. The summed E-state index contributed by atoms with van der Waals surface area (Å²) < 4.78 is 7.95. The molecule has 2 aliphatic rings. The number of phenolic OH excluding ortho intramolecular Hbond substituents is 1. The second kappa shape index (κ2) is 9.34. The first-order valence-electron chi connectivity index (χ1n) is 13.3. The number of benzene rings is 3. The molecule has 8 nitrogen and oxygen atoms in total. The third-order valence-corrected chi connectivity index (χ3v) is 7.83. The number of fused-ring (bicyclic) bond motifs is 2. The van der Waals surface area contributed by atoms with E-state index in [0.29, 0.717) is 58.5 Å². The fraction of sp³-hybridized carbons (Fsp3) is 0.188. The molecule has 5 aromatic rings. The van der Waals surface area contributed by atoms with Gasteiger partial charge in [-0.05, 0) is 60.2 Å². The van der Waals surface area contributed by atoms with Crippen molar-refractivity contribution in [2.75, 3.05) is 18.1 Å². The highest BCUT2D eigenvalue weighted by Gasteiger charge is 2.30. The Morgan fingerprint density at radius 3 is 2.60 bits per heavy atom. The molecule has 0 spiro atoms. The molecule has 0 atom stereocenters. The molecule has 3 aromatic carbocycles. The number of hydrogen-bond donors (Lipinski definition) is 1. The van der Waals surface area contributed by atoms with Crippen molar-refractivity contribution in [1.29, 1.82) is 0 Å². The van der Waals surface area contributed by atoms with Crippen molar-refractivity contribution in [3.05, 3.63) is 89.7 Å². The van der Waals surface area contributed by atoms with Crippen LogP contribution in [-0.4, -0.2) is 45.0 Å². The van der Waals surface area contributed by atoms with E-state index in [1.807, 2.05) is 54.1 Å². The molecule has 0 bridgehead atoms. The molecule has 0 unspecified atom stereocenters. The fourth-order valence-electron chi connectivity index (χ4n) is 5.53. The molecule has 8 heteroatoms. The van der Waals surface area contributed by atoms with Crippen LogP contribution < -0.4 is 9.64 Å². The molecule has 1 amide bonds. The van der Waals surface area contributed by atoms with Gasteiger partial charge in [-0.1, -0.05) is 36.4 Å². The van der Waals surface area contributed by atoms with Crippen LogP contribution in [0.25, 0.3) is 33.5 Å². The number of aromatic hydroxyl groups is 1. The van der Waals surface area contributed by atoms with Crippen LogP contribution in [0.2, 0.25) is 0 Å². The highest BCUT2D eigenvalue weighted by molar-refractivity contribution is 6.10. The molecule has 7 rings (SSSR count). The van der Waals surface area contributed by atoms with Gasteiger partial charge in [0.05, 0.1) is 29.2 Å². The van der Waals surface area contributed by atoms with Gasteiger partial charge in [0.25, 0.3) is 5.91 Å². The average Bonchev–Trinajstić information content (AvgIpc) is 3.80. The van der Waals surface area contributed by atoms with E-state index in [-0.39, 0.29) is 11.7 Å². The monoisotopic (exact) mass is 530 g/mol. The Labute approximate surface area is 230 Å². The summed E-state index contributed by atoms with van der Waals surface area (Å²) >= 11 is 0. The molecular formula is C32H26N4O4. The van der Waals surface area contributed by atoms with Crippen LogP contribution in [0.3, 0.4) is 0 Å². The van der Waals surface area contributed by atoms with Crippen LogP contribution >= 0.6 is 0 Å². The molecule has 1 aliphatic heterocycles. The van der Waals surface area contributed by atoms with E-state index in [9.17, 15) is 14.7 Å². The number of aryl methyl sites for hydroxylation is 1. The number of nitrogens with zero attached hydrogens (tertiary/aromatic N) is 4. The zero-order valence-electron chi connectivity index (χ0n) is 21.9. The minimum absolute atomic E-state index is 0.0327. The number of para-hydroxylation sites is 1. The molecule has 3 heterocycles. The van der Waals surface area contributed by atoms with Crippen molar-refractivity contribution >= 4 is 28.9 Å². The van der Waals surface area contributed by atoms with Crippen molar-refractivity contribution in [3.8, 4) is 34.0 Å². The topological polar surface area (TPSA) is 97.5 Å². The molecule has 2 aromatic heterocycles. The molecule has 0 saturated heterocycles. The van der Waals surface area contributed by atoms with Gasteiger partial charge < -0.3 is 19.3 Å². The third kappa shape index (κ3) is 3.91. The van der Waals surface area contributed by atoms with Gasteiger partial charge in [0, 0.05) is 23.6 Å². The van der Waals surface area contributed by atoms with Gasteiger partial charge in [0.15, 0.2) is 0 Å². The number of carbonyl (C=O) groups excluding carboxylic acids is 2. The number of rotatable bonds is 5. The van der Waals surface area contributed by atoms with Gasteiger partial charge in [0.1, 0.15) is 36.4 Å². The van der Waals surface area contributed by atoms with Gasteiger partial charge in [0.2, 0.25) is 0 Å². The molecule has 0 radical (unpaired) electrons. The van der Waals surface area contributed by atoms with Crippen molar-refractivity contribution < 1.29 is 19.4 Å².